The first kappa shape index (κ1) is 22.1. The predicted molar refractivity (Wildman–Crippen MR) is 156 cm³/mol. The summed E-state index contributed by atoms with van der Waals surface area (Å²) in [7, 11) is 2.18. The van der Waals surface area contributed by atoms with Gasteiger partial charge in [0.25, 0.3) is 0 Å². The molecule has 0 saturated carbocycles. The quantitative estimate of drug-likeness (QED) is 0.240. The van der Waals surface area contributed by atoms with Gasteiger partial charge in [-0.25, -0.2) is 0 Å². The van der Waals surface area contributed by atoms with Gasteiger partial charge in [-0.1, -0.05) is 112 Å². The second-order valence-electron chi connectivity index (χ2n) is 11.5. The number of nitrogens with zero attached hydrogens (tertiary/aromatic N) is 1. The molecule has 5 aromatic carbocycles. The van der Waals surface area contributed by atoms with Crippen LogP contribution >= 0.6 is 0 Å². The first-order chi connectivity index (χ1) is 17.9. The predicted octanol–water partition coefficient (Wildman–Crippen LogP) is 9.10. The maximum absolute atomic E-state index is 2.44. The van der Waals surface area contributed by atoms with Crippen molar-refractivity contribution in [1.29, 1.82) is 0 Å². The van der Waals surface area contributed by atoms with Crippen molar-refractivity contribution in [3.05, 3.63) is 143 Å². The third-order valence-electron chi connectivity index (χ3n) is 8.49. The van der Waals surface area contributed by atoms with Crippen LogP contribution in [0.5, 0.6) is 0 Å². The minimum Gasteiger partial charge on any atom is -0.345 e. The normalized spacial score (nSPS) is 14.2. The maximum atomic E-state index is 2.44. The van der Waals surface area contributed by atoms with Gasteiger partial charge in [-0.05, 0) is 79.8 Å². The van der Waals surface area contributed by atoms with Crippen molar-refractivity contribution >= 4 is 11.4 Å². The molecule has 0 amide bonds. The molecule has 0 aliphatic heterocycles. The minimum absolute atomic E-state index is 0.145. The average molecular weight is 478 g/mol. The Morgan fingerprint density at radius 2 is 0.919 bits per heavy atom. The van der Waals surface area contributed by atoms with E-state index in [0.717, 1.165) is 0 Å². The molecule has 1 heteroatoms. The van der Waals surface area contributed by atoms with E-state index in [-0.39, 0.29) is 10.8 Å². The number of benzene rings is 5. The molecule has 1 nitrogen and oxygen atoms in total. The minimum atomic E-state index is -0.300. The van der Waals surface area contributed by atoms with E-state index in [9.17, 15) is 0 Å². The lowest BCUT2D eigenvalue weighted by Crippen LogP contribution is -2.26. The summed E-state index contributed by atoms with van der Waals surface area (Å²) in [6.45, 7) is 6.79. The Kier molecular flexibility index (Phi) is 4.60. The van der Waals surface area contributed by atoms with E-state index in [1.807, 2.05) is 0 Å². The van der Waals surface area contributed by atoms with Crippen molar-refractivity contribution in [2.75, 3.05) is 11.9 Å². The van der Waals surface area contributed by atoms with Gasteiger partial charge < -0.3 is 4.90 Å². The molecule has 0 fully saturated rings. The fourth-order valence-corrected chi connectivity index (χ4v) is 6.63. The smallest absolute Gasteiger partial charge is 0.0726 e. The molecule has 0 aromatic heterocycles. The van der Waals surface area contributed by atoms with Crippen molar-refractivity contribution in [3.8, 4) is 22.3 Å². The number of hydrogen-bond donors (Lipinski definition) is 0. The van der Waals surface area contributed by atoms with Crippen LogP contribution in [0.25, 0.3) is 22.3 Å². The Morgan fingerprint density at radius 3 is 1.41 bits per heavy atom. The first-order valence-electron chi connectivity index (χ1n) is 13.2. The summed E-state index contributed by atoms with van der Waals surface area (Å²) in [5.74, 6) is 0. The second-order valence-corrected chi connectivity index (χ2v) is 11.5. The maximum Gasteiger partial charge on any atom is 0.0726 e. The monoisotopic (exact) mass is 477 g/mol. The van der Waals surface area contributed by atoms with E-state index in [1.165, 1.54) is 61.4 Å². The van der Waals surface area contributed by atoms with Crippen LogP contribution in [-0.2, 0) is 10.8 Å². The van der Waals surface area contributed by atoms with E-state index >= 15 is 0 Å². The third-order valence-corrected chi connectivity index (χ3v) is 8.49. The average Bonchev–Trinajstić information content (AvgIpc) is 3.39. The Balaban J connectivity index is 1.46. The molecular weight excluding hydrogens is 446 g/mol. The van der Waals surface area contributed by atoms with Crippen LogP contribution in [0.2, 0.25) is 0 Å². The molecule has 0 N–H and O–H groups in total. The molecule has 2 aliphatic carbocycles. The van der Waals surface area contributed by atoms with Crippen LogP contribution in [0.1, 0.15) is 48.6 Å². The number of hydrogen-bond acceptors (Lipinski definition) is 1. The van der Waals surface area contributed by atoms with Crippen LogP contribution < -0.4 is 4.90 Å². The van der Waals surface area contributed by atoms with Gasteiger partial charge in [-0.15, -0.1) is 0 Å². The van der Waals surface area contributed by atoms with Gasteiger partial charge in [0.1, 0.15) is 0 Å². The van der Waals surface area contributed by atoms with Gasteiger partial charge in [0.15, 0.2) is 0 Å². The molecule has 2 aliphatic rings. The summed E-state index contributed by atoms with van der Waals surface area (Å²) in [6, 6.07) is 43.0. The van der Waals surface area contributed by atoms with Crippen molar-refractivity contribution in [3.63, 3.8) is 0 Å². The second kappa shape index (κ2) is 7.70. The van der Waals surface area contributed by atoms with Gasteiger partial charge in [0.05, 0.1) is 5.41 Å². The lowest BCUT2D eigenvalue weighted by molar-refractivity contribution is 0.590. The van der Waals surface area contributed by atoms with E-state index in [0.29, 0.717) is 0 Å². The van der Waals surface area contributed by atoms with Gasteiger partial charge in [-0.3, -0.25) is 0 Å². The summed E-state index contributed by atoms with van der Waals surface area (Å²) in [5.41, 5.74) is 14.5. The standard InChI is InChI=1S/C36H31N/c1-35(2,3)24-17-19-25(20-18-24)37(4)26-21-22-30-29-13-7-10-16-33(29)36(34(30)23-26)31-14-8-5-11-27(31)28-12-6-9-15-32(28)36/h5-23H,1-4H3. The van der Waals surface area contributed by atoms with Gasteiger partial charge in [0.2, 0.25) is 0 Å². The number of anilines is 2. The van der Waals surface area contributed by atoms with Crippen LogP contribution in [0.4, 0.5) is 11.4 Å². The highest BCUT2D eigenvalue weighted by Gasteiger charge is 2.51. The van der Waals surface area contributed by atoms with Gasteiger partial charge >= 0.3 is 0 Å². The highest BCUT2D eigenvalue weighted by Crippen LogP contribution is 2.63. The van der Waals surface area contributed by atoms with Crippen LogP contribution in [0, 0.1) is 0 Å². The molecule has 180 valence electrons. The van der Waals surface area contributed by atoms with Crippen LogP contribution in [-0.4, -0.2) is 7.05 Å². The largest absolute Gasteiger partial charge is 0.345 e. The van der Waals surface area contributed by atoms with Crippen LogP contribution in [0.15, 0.2) is 115 Å². The topological polar surface area (TPSA) is 3.24 Å². The van der Waals surface area contributed by atoms with Crippen molar-refractivity contribution < 1.29 is 0 Å². The molecule has 37 heavy (non-hydrogen) atoms. The lowest BCUT2D eigenvalue weighted by atomic mass is 9.70. The van der Waals surface area contributed by atoms with E-state index in [2.05, 4.69) is 148 Å². The third kappa shape index (κ3) is 2.98. The van der Waals surface area contributed by atoms with Crippen molar-refractivity contribution in [2.24, 2.45) is 0 Å². The van der Waals surface area contributed by atoms with Gasteiger partial charge in [0, 0.05) is 18.4 Å². The zero-order chi connectivity index (χ0) is 25.4. The highest BCUT2D eigenvalue weighted by molar-refractivity contribution is 5.95. The zero-order valence-electron chi connectivity index (χ0n) is 21.9. The summed E-state index contributed by atoms with van der Waals surface area (Å²) in [6.07, 6.45) is 0. The molecule has 0 unspecified atom stereocenters. The van der Waals surface area contributed by atoms with E-state index in [1.54, 1.807) is 0 Å². The molecule has 1 spiro atoms. The highest BCUT2D eigenvalue weighted by atomic mass is 15.1. The first-order valence-corrected chi connectivity index (χ1v) is 13.2. The molecule has 0 heterocycles. The van der Waals surface area contributed by atoms with E-state index < -0.39 is 0 Å². The fraction of sp³-hybridized carbons (Fsp3) is 0.167. The number of fused-ring (bicyclic) bond motifs is 10. The molecule has 0 saturated heterocycles. The summed E-state index contributed by atoms with van der Waals surface area (Å²) >= 11 is 0. The van der Waals surface area contributed by atoms with E-state index in [4.69, 9.17) is 0 Å². The Labute approximate surface area is 220 Å². The SMILES string of the molecule is CN(c1ccc(C(C)(C)C)cc1)c1ccc2c(c1)C1(c3ccccc3-c3ccccc31)c1ccccc1-2. The summed E-state index contributed by atoms with van der Waals surface area (Å²) in [4.78, 5) is 2.32. The Bertz CT molecular complexity index is 1600. The molecular formula is C36H31N. The Hall–Kier alpha value is -4.10. The Morgan fingerprint density at radius 1 is 0.486 bits per heavy atom. The van der Waals surface area contributed by atoms with Crippen LogP contribution in [0.3, 0.4) is 0 Å². The van der Waals surface area contributed by atoms with Crippen molar-refractivity contribution in [2.45, 2.75) is 31.6 Å². The summed E-state index contributed by atoms with van der Waals surface area (Å²) < 4.78 is 0. The molecule has 0 radical (unpaired) electrons. The molecule has 7 rings (SSSR count). The summed E-state index contributed by atoms with van der Waals surface area (Å²) in [5, 5.41) is 0. The molecule has 0 atom stereocenters. The fourth-order valence-electron chi connectivity index (χ4n) is 6.63. The van der Waals surface area contributed by atoms with Crippen molar-refractivity contribution in [1.82, 2.24) is 0 Å². The van der Waals surface area contributed by atoms with Gasteiger partial charge in [-0.2, -0.15) is 0 Å². The lowest BCUT2D eigenvalue weighted by Gasteiger charge is -2.31. The molecule has 0 bridgehead atoms. The molecule has 5 aromatic rings. The zero-order valence-corrected chi connectivity index (χ0v) is 21.9. The number of rotatable bonds is 2.